The Labute approximate surface area is 131 Å². The summed E-state index contributed by atoms with van der Waals surface area (Å²) in [5.41, 5.74) is -0.987. The van der Waals surface area contributed by atoms with Crippen LogP contribution in [0.5, 0.6) is 0 Å². The average molecular weight is 343 g/mol. The molecule has 2 rings (SSSR count). The van der Waals surface area contributed by atoms with Gasteiger partial charge in [0.1, 0.15) is 12.3 Å². The zero-order chi connectivity index (χ0) is 17.5. The topological polar surface area (TPSA) is 135 Å². The molecule has 0 bridgehead atoms. The predicted molar refractivity (Wildman–Crippen MR) is 74.5 cm³/mol. The van der Waals surface area contributed by atoms with Gasteiger partial charge in [0.25, 0.3) is 5.91 Å². The number of allylic oxidation sites excluding steroid dienone is 1. The van der Waals surface area contributed by atoms with E-state index < -0.39 is 56.9 Å². The van der Waals surface area contributed by atoms with E-state index in [1.165, 1.54) is 0 Å². The van der Waals surface area contributed by atoms with Crippen molar-refractivity contribution >= 4 is 33.5 Å². The maximum atomic E-state index is 12.3. The van der Waals surface area contributed by atoms with E-state index in [1.54, 1.807) is 0 Å². The van der Waals surface area contributed by atoms with E-state index in [1.807, 2.05) is 0 Å². The third-order valence-electron chi connectivity index (χ3n) is 3.27. The normalized spacial score (nSPS) is 24.1. The fourth-order valence-corrected chi connectivity index (χ4v) is 4.40. The molecule has 0 aromatic heterocycles. The molecule has 124 valence electrons. The minimum Gasteiger partial charge on any atom is -0.477 e. The van der Waals surface area contributed by atoms with Crippen molar-refractivity contribution < 1.29 is 37.4 Å². The number of ketones is 1. The maximum Gasteiger partial charge on any atom is 0.352 e. The summed E-state index contributed by atoms with van der Waals surface area (Å²) in [6.07, 6.45) is 0.886. The van der Waals surface area contributed by atoms with Gasteiger partial charge >= 0.3 is 11.9 Å². The van der Waals surface area contributed by atoms with Gasteiger partial charge in [-0.1, -0.05) is 0 Å². The molecule has 1 saturated heterocycles. The van der Waals surface area contributed by atoms with Crippen LogP contribution in [0.3, 0.4) is 0 Å². The van der Waals surface area contributed by atoms with Gasteiger partial charge in [0.2, 0.25) is 0 Å². The fourth-order valence-electron chi connectivity index (χ4n) is 2.46. The number of amides is 1. The molecule has 2 heterocycles. The zero-order valence-electron chi connectivity index (χ0n) is 12.2. The summed E-state index contributed by atoms with van der Waals surface area (Å²) in [6, 6.07) is 0. The van der Waals surface area contributed by atoms with E-state index >= 15 is 0 Å². The number of nitrogens with zero attached hydrogens (tertiary/aromatic N) is 1. The monoisotopic (exact) mass is 343 g/mol. The van der Waals surface area contributed by atoms with Crippen LogP contribution < -0.4 is 0 Å². The Kier molecular flexibility index (Phi) is 4.12. The summed E-state index contributed by atoms with van der Waals surface area (Å²) in [7, 11) is -3.94. The average Bonchev–Trinajstić information content (AvgIpc) is 2.40. The minimum atomic E-state index is -3.94. The predicted octanol–water partition coefficient (Wildman–Crippen LogP) is -1.000. The highest BCUT2D eigenvalue weighted by Crippen LogP contribution is 2.40. The van der Waals surface area contributed by atoms with E-state index in [0.717, 1.165) is 19.9 Å². The number of β-lactam (4-membered cyclic amide) rings is 1. The quantitative estimate of drug-likeness (QED) is 0.390. The van der Waals surface area contributed by atoms with Crippen molar-refractivity contribution in [1.29, 1.82) is 0 Å². The lowest BCUT2D eigenvalue weighted by Crippen LogP contribution is -2.62. The number of carboxylic acid groups (broad SMARTS) is 1. The van der Waals surface area contributed by atoms with E-state index in [0.29, 0.717) is 4.90 Å². The van der Waals surface area contributed by atoms with Crippen LogP contribution >= 0.6 is 0 Å². The first kappa shape index (κ1) is 16.9. The summed E-state index contributed by atoms with van der Waals surface area (Å²) < 4.78 is 29.2. The summed E-state index contributed by atoms with van der Waals surface area (Å²) >= 11 is 0. The molecule has 10 heteroatoms. The van der Waals surface area contributed by atoms with Gasteiger partial charge in [-0.3, -0.25) is 19.3 Å². The fraction of sp³-hybridized carbons (Fsp3) is 0.385. The number of aliphatic carboxylic acids is 1. The van der Waals surface area contributed by atoms with Gasteiger partial charge in [0, 0.05) is 12.5 Å². The number of carbonyl (C=O) groups excluding carboxylic acids is 3. The molecule has 0 spiro atoms. The molecule has 0 saturated carbocycles. The lowest BCUT2D eigenvalue weighted by Gasteiger charge is -2.45. The number of sulfone groups is 1. The van der Waals surface area contributed by atoms with Crippen molar-refractivity contribution in [3.63, 3.8) is 0 Å². The number of rotatable bonds is 4. The number of carbonyl (C=O) groups is 4. The zero-order valence-corrected chi connectivity index (χ0v) is 13.0. The van der Waals surface area contributed by atoms with E-state index in [2.05, 4.69) is 4.74 Å². The second kappa shape index (κ2) is 5.61. The Bertz CT molecular complexity index is 789. The molecule has 0 aromatic carbocycles. The Balaban J connectivity index is 2.53. The van der Waals surface area contributed by atoms with Crippen molar-refractivity contribution in [2.75, 3.05) is 12.4 Å². The van der Waals surface area contributed by atoms with E-state index in [-0.39, 0.29) is 11.1 Å². The molecule has 1 fully saturated rings. The molecule has 23 heavy (non-hydrogen) atoms. The largest absolute Gasteiger partial charge is 0.477 e. The van der Waals surface area contributed by atoms with Crippen LogP contribution in [-0.2, 0) is 33.8 Å². The molecule has 0 radical (unpaired) electrons. The number of esters is 1. The molecule has 2 aliphatic rings. The number of ether oxygens (including phenoxy) is 1. The maximum absolute atomic E-state index is 12.3. The smallest absolute Gasteiger partial charge is 0.352 e. The van der Waals surface area contributed by atoms with Crippen molar-refractivity contribution in [3.05, 3.63) is 22.9 Å². The van der Waals surface area contributed by atoms with Crippen LogP contribution in [0.1, 0.15) is 13.8 Å². The Morgan fingerprint density at radius 1 is 1.35 bits per heavy atom. The molecule has 1 atom stereocenters. The molecule has 9 nitrogen and oxygen atoms in total. The van der Waals surface area contributed by atoms with Crippen LogP contribution in [0.25, 0.3) is 0 Å². The number of carboxylic acids is 1. The molecule has 1 N–H and O–H groups in total. The molecule has 0 unspecified atom stereocenters. The molecule has 1 amide bonds. The summed E-state index contributed by atoms with van der Waals surface area (Å²) in [5, 5.41) is 7.78. The highest BCUT2D eigenvalue weighted by Gasteiger charge is 2.56. The van der Waals surface area contributed by atoms with Gasteiger partial charge in [-0.15, -0.1) is 0 Å². The van der Waals surface area contributed by atoms with Crippen LogP contribution in [0.2, 0.25) is 0 Å². The van der Waals surface area contributed by atoms with Gasteiger partial charge in [-0.2, -0.15) is 0 Å². The van der Waals surface area contributed by atoms with Crippen LogP contribution in [0.4, 0.5) is 0 Å². The first-order chi connectivity index (χ1) is 10.6. The van der Waals surface area contributed by atoms with Gasteiger partial charge in [0.15, 0.2) is 21.0 Å². The number of hydrogen-bond acceptors (Lipinski definition) is 7. The third kappa shape index (κ3) is 2.89. The van der Waals surface area contributed by atoms with Gasteiger partial charge in [-0.25, -0.2) is 13.2 Å². The van der Waals surface area contributed by atoms with Crippen molar-refractivity contribution in [3.8, 4) is 0 Å². The Hall–Kier alpha value is -2.49. The molecule has 2 aliphatic heterocycles. The van der Waals surface area contributed by atoms with Gasteiger partial charge < -0.3 is 9.84 Å². The SMILES string of the molecule is CC(=O)/C=C1/C(=O)N2C(C(=O)O)=C(COC(C)=O)CS(=O)(=O)[C@H]12. The first-order valence-electron chi connectivity index (χ1n) is 6.42. The first-order valence-corrected chi connectivity index (χ1v) is 8.13. The Morgan fingerprint density at radius 2 is 1.96 bits per heavy atom. The number of fused-ring (bicyclic) bond motifs is 1. The molecular weight excluding hydrogens is 330 g/mol. The van der Waals surface area contributed by atoms with Crippen molar-refractivity contribution in [1.82, 2.24) is 4.90 Å². The Morgan fingerprint density at radius 3 is 2.43 bits per heavy atom. The standard InChI is InChI=1S/C13H13NO8S/c1-6(15)3-9-11(17)14-10(13(18)19)8(4-22-7(2)16)5-23(20,21)12(9)14/h3,12H,4-5H2,1-2H3,(H,18,19)/b9-3-/t12-/m1/s1. The lowest BCUT2D eigenvalue weighted by molar-refractivity contribution is -0.143. The van der Waals surface area contributed by atoms with Crippen molar-refractivity contribution in [2.24, 2.45) is 0 Å². The molecule has 0 aromatic rings. The van der Waals surface area contributed by atoms with Crippen molar-refractivity contribution in [2.45, 2.75) is 19.2 Å². The van der Waals surface area contributed by atoms with E-state index in [4.69, 9.17) is 0 Å². The van der Waals surface area contributed by atoms with Gasteiger partial charge in [0.05, 0.1) is 11.3 Å². The summed E-state index contributed by atoms with van der Waals surface area (Å²) in [5.74, 6) is -4.29. The minimum absolute atomic E-state index is 0.195. The lowest BCUT2D eigenvalue weighted by atomic mass is 10.0. The summed E-state index contributed by atoms with van der Waals surface area (Å²) in [4.78, 5) is 46.0. The van der Waals surface area contributed by atoms with Crippen LogP contribution in [0.15, 0.2) is 22.9 Å². The highest BCUT2D eigenvalue weighted by atomic mass is 32.2. The molecular formula is C13H13NO8S. The second-order valence-corrected chi connectivity index (χ2v) is 7.14. The van der Waals surface area contributed by atoms with Gasteiger partial charge in [-0.05, 0) is 13.0 Å². The van der Waals surface area contributed by atoms with E-state index in [9.17, 15) is 32.7 Å². The third-order valence-corrected chi connectivity index (χ3v) is 5.16. The number of hydrogen-bond donors (Lipinski definition) is 1. The second-order valence-electron chi connectivity index (χ2n) is 5.08. The molecule has 0 aliphatic carbocycles. The highest BCUT2D eigenvalue weighted by molar-refractivity contribution is 7.92. The van der Waals surface area contributed by atoms with Crippen LogP contribution in [0, 0.1) is 0 Å². The van der Waals surface area contributed by atoms with Crippen LogP contribution in [-0.4, -0.2) is 59.8 Å². The summed E-state index contributed by atoms with van der Waals surface area (Å²) in [6.45, 7) is 1.69.